The highest BCUT2D eigenvalue weighted by Crippen LogP contribution is 2.54. The average Bonchev–Trinajstić information content (AvgIpc) is 3.25. The van der Waals surface area contributed by atoms with Crippen LogP contribution < -0.4 is 0 Å². The molecule has 1 saturated carbocycles. The molecule has 1 aliphatic rings. The Kier molecular flexibility index (Phi) is 4.25. The Balaban J connectivity index is 1.98. The van der Waals surface area contributed by atoms with Gasteiger partial charge in [-0.05, 0) is 42.0 Å². The van der Waals surface area contributed by atoms with Gasteiger partial charge in [0.15, 0.2) is 9.84 Å². The van der Waals surface area contributed by atoms with E-state index in [1.54, 1.807) is 24.3 Å². The molecule has 7 heteroatoms. The molecule has 2 aromatic carbocycles. The Morgan fingerprint density at radius 1 is 1.04 bits per heavy atom. The maximum atomic E-state index is 12.8. The van der Waals surface area contributed by atoms with E-state index in [2.05, 4.69) is 15.9 Å². The van der Waals surface area contributed by atoms with Gasteiger partial charge in [-0.25, -0.2) is 8.42 Å². The molecule has 0 saturated heterocycles. The van der Waals surface area contributed by atoms with Crippen molar-refractivity contribution in [3.63, 3.8) is 0 Å². The molecular formula is C16H12BrClO4S. The van der Waals surface area contributed by atoms with Crippen LogP contribution >= 0.6 is 27.5 Å². The molecule has 0 bridgehead atoms. The quantitative estimate of drug-likeness (QED) is 0.825. The third kappa shape index (κ3) is 3.03. The average molecular weight is 416 g/mol. The van der Waals surface area contributed by atoms with E-state index >= 15 is 0 Å². The molecule has 1 fully saturated rings. The van der Waals surface area contributed by atoms with Crippen LogP contribution in [0.4, 0.5) is 0 Å². The summed E-state index contributed by atoms with van der Waals surface area (Å²) in [7, 11) is -3.74. The Morgan fingerprint density at radius 3 is 2.13 bits per heavy atom. The molecule has 1 N–H and O–H groups in total. The summed E-state index contributed by atoms with van der Waals surface area (Å²) >= 11 is 9.09. The first-order valence-electron chi connectivity index (χ1n) is 6.80. The number of halogens is 2. The number of carboxylic acids is 1. The normalized spacial score (nSPS) is 23.5. The number of aliphatic carboxylic acids is 1. The largest absolute Gasteiger partial charge is 0.481 e. The first-order valence-corrected chi connectivity index (χ1v) is 9.52. The Morgan fingerprint density at radius 2 is 1.61 bits per heavy atom. The monoisotopic (exact) mass is 414 g/mol. The zero-order chi connectivity index (χ0) is 16.8. The van der Waals surface area contributed by atoms with Gasteiger partial charge in [-0.3, -0.25) is 4.79 Å². The molecule has 4 nitrogen and oxygen atoms in total. The Bertz CT molecular complexity index is 847. The van der Waals surface area contributed by atoms with Crippen LogP contribution in [0.2, 0.25) is 5.02 Å². The Labute approximate surface area is 147 Å². The fraction of sp³-hybridized carbons (Fsp3) is 0.188. The van der Waals surface area contributed by atoms with Gasteiger partial charge >= 0.3 is 5.97 Å². The lowest BCUT2D eigenvalue weighted by Gasteiger charge is -2.04. The van der Waals surface area contributed by atoms with Crippen LogP contribution in [0.1, 0.15) is 11.5 Å². The zero-order valence-electron chi connectivity index (χ0n) is 11.7. The van der Waals surface area contributed by atoms with Gasteiger partial charge in [0.25, 0.3) is 0 Å². The van der Waals surface area contributed by atoms with Crippen molar-refractivity contribution in [2.24, 2.45) is 5.92 Å². The van der Waals surface area contributed by atoms with Gasteiger partial charge in [-0.1, -0.05) is 39.7 Å². The molecular weight excluding hydrogens is 404 g/mol. The van der Waals surface area contributed by atoms with Crippen molar-refractivity contribution < 1.29 is 18.3 Å². The molecule has 0 heterocycles. The molecule has 0 spiro atoms. The maximum absolute atomic E-state index is 12.8. The van der Waals surface area contributed by atoms with E-state index in [-0.39, 0.29) is 4.90 Å². The Hall–Kier alpha value is -1.37. The number of benzene rings is 2. The second-order valence-corrected chi connectivity index (χ2v) is 8.86. The minimum Gasteiger partial charge on any atom is -0.481 e. The van der Waals surface area contributed by atoms with Crippen LogP contribution in [0.15, 0.2) is 57.9 Å². The van der Waals surface area contributed by atoms with E-state index in [0.29, 0.717) is 10.6 Å². The van der Waals surface area contributed by atoms with Crippen LogP contribution in [0, 0.1) is 5.92 Å². The fourth-order valence-corrected chi connectivity index (χ4v) is 5.34. The van der Waals surface area contributed by atoms with E-state index < -0.39 is 32.9 Å². The number of carboxylic acid groups (broad SMARTS) is 1. The summed E-state index contributed by atoms with van der Waals surface area (Å²) in [6.45, 7) is 0. The second-order valence-electron chi connectivity index (χ2n) is 5.40. The van der Waals surface area contributed by atoms with Crippen molar-refractivity contribution in [3.05, 3.63) is 63.6 Å². The summed E-state index contributed by atoms with van der Waals surface area (Å²) < 4.78 is 26.4. The van der Waals surface area contributed by atoms with Gasteiger partial charge in [-0.2, -0.15) is 0 Å². The third-order valence-corrected chi connectivity index (χ3v) is 7.01. The topological polar surface area (TPSA) is 71.4 Å². The highest BCUT2D eigenvalue weighted by Gasteiger charge is 2.63. The highest BCUT2D eigenvalue weighted by molar-refractivity contribution is 9.10. The van der Waals surface area contributed by atoms with E-state index in [0.717, 1.165) is 4.47 Å². The molecule has 0 amide bonds. The van der Waals surface area contributed by atoms with Crippen LogP contribution in [0.3, 0.4) is 0 Å². The minimum absolute atomic E-state index is 0.0951. The van der Waals surface area contributed by atoms with E-state index in [4.69, 9.17) is 11.6 Å². The summed E-state index contributed by atoms with van der Waals surface area (Å²) in [6.07, 6.45) is 0. The number of hydrogen-bond acceptors (Lipinski definition) is 3. The van der Waals surface area contributed by atoms with Gasteiger partial charge < -0.3 is 5.11 Å². The first kappa shape index (κ1) is 16.5. The summed E-state index contributed by atoms with van der Waals surface area (Å²) in [5, 5.41) is 8.84. The predicted molar refractivity (Wildman–Crippen MR) is 90.4 cm³/mol. The number of hydrogen-bond donors (Lipinski definition) is 1. The van der Waals surface area contributed by atoms with Gasteiger partial charge in [0.1, 0.15) is 0 Å². The number of carbonyl (C=O) groups is 1. The molecule has 3 rings (SSSR count). The maximum Gasteiger partial charge on any atom is 0.308 e. The lowest BCUT2D eigenvalue weighted by molar-refractivity contribution is -0.138. The standard InChI is InChI=1S/C16H12BrClO4S/c17-10-3-1-9(2-4-10)13-14(16(19)20)15(13)23(21,22)12-7-5-11(18)6-8-12/h1-8,13-15H,(H,19,20)/t13-,14-,15+/m1/s1. The molecule has 23 heavy (non-hydrogen) atoms. The lowest BCUT2D eigenvalue weighted by atomic mass is 10.1. The molecule has 0 aliphatic heterocycles. The van der Waals surface area contributed by atoms with Crippen LogP contribution in [0.5, 0.6) is 0 Å². The van der Waals surface area contributed by atoms with Crippen molar-refractivity contribution in [3.8, 4) is 0 Å². The first-order chi connectivity index (χ1) is 10.8. The molecule has 3 atom stereocenters. The predicted octanol–water partition coefficient (Wildman–Crippen LogP) is 3.74. The van der Waals surface area contributed by atoms with E-state index in [1.807, 2.05) is 0 Å². The van der Waals surface area contributed by atoms with Gasteiger partial charge in [0.05, 0.1) is 16.1 Å². The minimum atomic E-state index is -3.74. The zero-order valence-corrected chi connectivity index (χ0v) is 14.8. The number of sulfone groups is 1. The lowest BCUT2D eigenvalue weighted by Crippen LogP contribution is -2.13. The van der Waals surface area contributed by atoms with Crippen LogP contribution in [-0.4, -0.2) is 24.7 Å². The summed E-state index contributed by atoms with van der Waals surface area (Å²) in [6, 6.07) is 12.9. The van der Waals surface area contributed by atoms with Crippen molar-refractivity contribution in [1.29, 1.82) is 0 Å². The molecule has 120 valence electrons. The summed E-state index contributed by atoms with van der Waals surface area (Å²) in [4.78, 5) is 11.6. The fourth-order valence-electron chi connectivity index (χ4n) is 2.83. The van der Waals surface area contributed by atoms with Crippen LogP contribution in [0.25, 0.3) is 0 Å². The SMILES string of the molecule is O=C(O)[C@@H]1[C@@H](c2ccc(Br)cc2)[C@@H]1S(=O)(=O)c1ccc(Cl)cc1. The van der Waals surface area contributed by atoms with E-state index in [1.165, 1.54) is 24.3 Å². The molecule has 1 aliphatic carbocycles. The van der Waals surface area contributed by atoms with E-state index in [9.17, 15) is 18.3 Å². The highest BCUT2D eigenvalue weighted by atomic mass is 79.9. The van der Waals surface area contributed by atoms with Crippen molar-refractivity contribution in [1.82, 2.24) is 0 Å². The third-order valence-electron chi connectivity index (χ3n) is 3.99. The summed E-state index contributed by atoms with van der Waals surface area (Å²) in [5.41, 5.74) is 0.711. The second kappa shape index (κ2) is 5.92. The molecule has 0 radical (unpaired) electrons. The van der Waals surface area contributed by atoms with Crippen molar-refractivity contribution >= 4 is 43.3 Å². The van der Waals surface area contributed by atoms with Gasteiger partial charge in [0, 0.05) is 15.4 Å². The molecule has 2 aromatic rings. The van der Waals surface area contributed by atoms with Crippen molar-refractivity contribution in [2.45, 2.75) is 16.1 Å². The summed E-state index contributed by atoms with van der Waals surface area (Å²) in [5.74, 6) is -2.57. The molecule has 0 unspecified atom stereocenters. The van der Waals surface area contributed by atoms with Crippen molar-refractivity contribution in [2.75, 3.05) is 0 Å². The smallest absolute Gasteiger partial charge is 0.308 e. The van der Waals surface area contributed by atoms with Gasteiger partial charge in [0.2, 0.25) is 0 Å². The van der Waals surface area contributed by atoms with Gasteiger partial charge in [-0.15, -0.1) is 0 Å². The molecule has 0 aromatic heterocycles. The van der Waals surface area contributed by atoms with Crippen LogP contribution in [-0.2, 0) is 14.6 Å². The number of rotatable bonds is 4.